The predicted molar refractivity (Wildman–Crippen MR) is 77.7 cm³/mol. The van der Waals surface area contributed by atoms with E-state index in [1.807, 2.05) is 0 Å². The van der Waals surface area contributed by atoms with Gasteiger partial charge in [0.2, 0.25) is 0 Å². The van der Waals surface area contributed by atoms with E-state index in [-0.39, 0.29) is 0 Å². The van der Waals surface area contributed by atoms with E-state index in [2.05, 4.69) is 60.8 Å². The van der Waals surface area contributed by atoms with Crippen LogP contribution in [0.5, 0.6) is 0 Å². The van der Waals surface area contributed by atoms with Gasteiger partial charge in [0, 0.05) is 36.8 Å². The van der Waals surface area contributed by atoms with Crippen molar-refractivity contribution in [1.29, 1.82) is 0 Å². The molecule has 1 aliphatic heterocycles. The van der Waals surface area contributed by atoms with Crippen molar-refractivity contribution >= 4 is 17.1 Å². The Morgan fingerprint density at radius 1 is 1.28 bits per heavy atom. The molecule has 1 aromatic heterocycles. The van der Waals surface area contributed by atoms with Gasteiger partial charge in [-0.05, 0) is 38.6 Å². The molecule has 2 nitrogen and oxygen atoms in total. The van der Waals surface area contributed by atoms with E-state index < -0.39 is 0 Å². The Morgan fingerprint density at radius 2 is 2.11 bits per heavy atom. The maximum atomic E-state index is 2.41. The van der Waals surface area contributed by atoms with E-state index in [0.29, 0.717) is 0 Å². The molecule has 0 saturated heterocycles. The summed E-state index contributed by atoms with van der Waals surface area (Å²) in [5, 5.41) is 1.43. The number of rotatable bonds is 1. The average Bonchev–Trinajstić information content (AvgIpc) is 2.64. The van der Waals surface area contributed by atoms with E-state index in [9.17, 15) is 0 Å². The highest BCUT2D eigenvalue weighted by Gasteiger charge is 2.21. The predicted octanol–water partition coefficient (Wildman–Crippen LogP) is 3.43. The minimum absolute atomic E-state index is 1.07. The zero-order valence-electron chi connectivity index (χ0n) is 11.4. The van der Waals surface area contributed by atoms with Crippen LogP contribution in [0, 0.1) is 6.92 Å². The van der Waals surface area contributed by atoms with E-state index >= 15 is 0 Å². The summed E-state index contributed by atoms with van der Waals surface area (Å²) < 4.78 is 2.37. The van der Waals surface area contributed by atoms with E-state index in [1.54, 1.807) is 0 Å². The molecule has 18 heavy (non-hydrogen) atoms. The number of hydrogen-bond donors (Lipinski definition) is 0. The van der Waals surface area contributed by atoms with Crippen LogP contribution in [0.4, 0.5) is 0 Å². The lowest BCUT2D eigenvalue weighted by Gasteiger charge is -2.23. The summed E-state index contributed by atoms with van der Waals surface area (Å²) in [6.45, 7) is 6.48. The Bertz CT molecular complexity index is 620. The molecule has 2 heterocycles. The van der Waals surface area contributed by atoms with Crippen LogP contribution in [0.15, 0.2) is 24.3 Å². The van der Waals surface area contributed by atoms with Gasteiger partial charge in [-0.3, -0.25) is 0 Å². The molecule has 0 aliphatic carbocycles. The molecule has 0 N–H and O–H groups in total. The summed E-state index contributed by atoms with van der Waals surface area (Å²) in [4.78, 5) is 2.41. The van der Waals surface area contributed by atoms with Gasteiger partial charge in [0.25, 0.3) is 0 Å². The fourth-order valence-corrected chi connectivity index (χ4v) is 2.96. The number of benzene rings is 1. The van der Waals surface area contributed by atoms with Gasteiger partial charge < -0.3 is 9.47 Å². The van der Waals surface area contributed by atoms with Gasteiger partial charge in [-0.1, -0.05) is 17.7 Å². The Morgan fingerprint density at radius 3 is 2.89 bits per heavy atom. The van der Waals surface area contributed by atoms with Crippen LogP contribution in [0.1, 0.15) is 23.7 Å². The van der Waals surface area contributed by atoms with Crippen LogP contribution in [-0.4, -0.2) is 23.1 Å². The SMILES string of the molecule is C/C=C\n1c2c(c3cc(C)ccc31)CN(C)CC2. The smallest absolute Gasteiger partial charge is 0.0528 e. The van der Waals surface area contributed by atoms with Crippen LogP contribution in [-0.2, 0) is 13.0 Å². The lowest BCUT2D eigenvalue weighted by Crippen LogP contribution is -2.26. The monoisotopic (exact) mass is 240 g/mol. The average molecular weight is 240 g/mol. The third-order valence-corrected chi connectivity index (χ3v) is 3.83. The Hall–Kier alpha value is -1.54. The summed E-state index contributed by atoms with van der Waals surface area (Å²) in [6.07, 6.45) is 5.46. The quantitative estimate of drug-likeness (QED) is 0.741. The first-order chi connectivity index (χ1) is 8.70. The number of aryl methyl sites for hydroxylation is 1. The zero-order valence-corrected chi connectivity index (χ0v) is 11.4. The van der Waals surface area contributed by atoms with Crippen molar-refractivity contribution in [3.63, 3.8) is 0 Å². The van der Waals surface area contributed by atoms with Crippen molar-refractivity contribution in [3.05, 3.63) is 41.1 Å². The zero-order chi connectivity index (χ0) is 12.7. The van der Waals surface area contributed by atoms with Crippen LogP contribution in [0.25, 0.3) is 17.1 Å². The van der Waals surface area contributed by atoms with E-state index in [1.165, 1.54) is 27.7 Å². The highest BCUT2D eigenvalue weighted by molar-refractivity contribution is 5.88. The van der Waals surface area contributed by atoms with Gasteiger partial charge in [0.05, 0.1) is 5.52 Å². The van der Waals surface area contributed by atoms with Crippen molar-refractivity contribution in [3.8, 4) is 0 Å². The largest absolute Gasteiger partial charge is 0.320 e. The molecule has 0 bridgehead atoms. The van der Waals surface area contributed by atoms with Gasteiger partial charge >= 0.3 is 0 Å². The van der Waals surface area contributed by atoms with Gasteiger partial charge in [0.15, 0.2) is 0 Å². The highest BCUT2D eigenvalue weighted by atomic mass is 15.1. The molecule has 0 unspecified atom stereocenters. The van der Waals surface area contributed by atoms with E-state index in [0.717, 1.165) is 19.5 Å². The van der Waals surface area contributed by atoms with Crippen LogP contribution >= 0.6 is 0 Å². The Balaban J connectivity index is 2.33. The van der Waals surface area contributed by atoms with E-state index in [4.69, 9.17) is 0 Å². The lowest BCUT2D eigenvalue weighted by atomic mass is 10.0. The first kappa shape index (κ1) is 11.5. The molecule has 0 radical (unpaired) electrons. The molecule has 3 rings (SSSR count). The topological polar surface area (TPSA) is 8.17 Å². The third kappa shape index (κ3) is 1.68. The van der Waals surface area contributed by atoms with Gasteiger partial charge in [0.1, 0.15) is 0 Å². The first-order valence-corrected chi connectivity index (χ1v) is 6.64. The number of likely N-dealkylation sites (N-methyl/N-ethyl adjacent to an activating group) is 1. The number of nitrogens with zero attached hydrogens (tertiary/aromatic N) is 2. The molecular weight excluding hydrogens is 220 g/mol. The minimum Gasteiger partial charge on any atom is -0.320 e. The third-order valence-electron chi connectivity index (χ3n) is 3.83. The molecule has 2 heteroatoms. The number of allylic oxidation sites excluding steroid dienone is 1. The molecule has 0 amide bonds. The van der Waals surface area contributed by atoms with Crippen molar-refractivity contribution in [1.82, 2.24) is 9.47 Å². The molecule has 1 aliphatic rings. The van der Waals surface area contributed by atoms with Crippen molar-refractivity contribution < 1.29 is 0 Å². The summed E-state index contributed by atoms with van der Waals surface area (Å²) in [5.41, 5.74) is 5.70. The molecule has 0 spiro atoms. The van der Waals surface area contributed by atoms with Crippen LogP contribution in [0.3, 0.4) is 0 Å². The standard InChI is InChI=1S/C16H20N2/c1-4-8-18-15-6-5-12(2)10-13(15)14-11-17(3)9-7-16(14)18/h4-6,8,10H,7,9,11H2,1-3H3/b8-4-. The summed E-state index contributed by atoms with van der Waals surface area (Å²) >= 11 is 0. The van der Waals surface area contributed by atoms with Crippen LogP contribution in [0.2, 0.25) is 0 Å². The molecule has 0 fully saturated rings. The maximum absolute atomic E-state index is 2.41. The molecule has 94 valence electrons. The number of fused-ring (bicyclic) bond motifs is 3. The highest BCUT2D eigenvalue weighted by Crippen LogP contribution is 2.31. The van der Waals surface area contributed by atoms with Crippen molar-refractivity contribution in [2.45, 2.75) is 26.8 Å². The summed E-state index contributed by atoms with van der Waals surface area (Å²) in [6, 6.07) is 6.79. The number of aromatic nitrogens is 1. The fraction of sp³-hybridized carbons (Fsp3) is 0.375. The summed E-state index contributed by atoms with van der Waals surface area (Å²) in [7, 11) is 2.21. The normalized spacial score (nSPS) is 16.6. The second kappa shape index (κ2) is 4.29. The maximum Gasteiger partial charge on any atom is 0.0528 e. The molecular formula is C16H20N2. The van der Waals surface area contributed by atoms with Gasteiger partial charge in [-0.25, -0.2) is 0 Å². The summed E-state index contributed by atoms with van der Waals surface area (Å²) in [5.74, 6) is 0. The Labute approximate surface area is 109 Å². The second-order valence-electron chi connectivity index (χ2n) is 5.29. The minimum atomic E-state index is 1.07. The molecule has 2 aromatic rings. The molecule has 0 atom stereocenters. The first-order valence-electron chi connectivity index (χ1n) is 6.64. The number of hydrogen-bond acceptors (Lipinski definition) is 1. The van der Waals surface area contributed by atoms with Crippen molar-refractivity contribution in [2.24, 2.45) is 0 Å². The molecule has 1 aromatic carbocycles. The van der Waals surface area contributed by atoms with Crippen LogP contribution < -0.4 is 0 Å². The molecule has 0 saturated carbocycles. The van der Waals surface area contributed by atoms with Crippen molar-refractivity contribution in [2.75, 3.05) is 13.6 Å². The fourth-order valence-electron chi connectivity index (χ4n) is 2.96. The Kier molecular flexibility index (Phi) is 2.75. The second-order valence-corrected chi connectivity index (χ2v) is 5.29. The van der Waals surface area contributed by atoms with Gasteiger partial charge in [-0.15, -0.1) is 0 Å². The van der Waals surface area contributed by atoms with Gasteiger partial charge in [-0.2, -0.15) is 0 Å². The lowest BCUT2D eigenvalue weighted by molar-refractivity contribution is 0.312.